The first-order chi connectivity index (χ1) is 7.74. The van der Waals surface area contributed by atoms with Crippen molar-refractivity contribution in [2.24, 2.45) is 17.8 Å². The molecule has 1 aromatic rings. The van der Waals surface area contributed by atoms with E-state index >= 15 is 0 Å². The van der Waals surface area contributed by atoms with E-state index in [4.69, 9.17) is 0 Å². The Morgan fingerprint density at radius 1 is 1.12 bits per heavy atom. The zero-order chi connectivity index (χ0) is 11.1. The summed E-state index contributed by atoms with van der Waals surface area (Å²) < 4.78 is 1.02. The maximum Gasteiger partial charge on any atom is 0.166 e. The van der Waals surface area contributed by atoms with E-state index in [0.717, 1.165) is 16.5 Å². The molecule has 3 atom stereocenters. The first kappa shape index (κ1) is 10.3. The van der Waals surface area contributed by atoms with Gasteiger partial charge < -0.3 is 0 Å². The molecule has 3 unspecified atom stereocenters. The monoisotopic (exact) mass is 276 g/mol. The van der Waals surface area contributed by atoms with Gasteiger partial charge in [0.05, 0.1) is 0 Å². The van der Waals surface area contributed by atoms with Crippen molar-refractivity contribution in [3.8, 4) is 0 Å². The minimum absolute atomic E-state index is 0.233. The van der Waals surface area contributed by atoms with E-state index in [-0.39, 0.29) is 5.92 Å². The van der Waals surface area contributed by atoms with Gasteiger partial charge in [-0.2, -0.15) is 0 Å². The van der Waals surface area contributed by atoms with Gasteiger partial charge in [-0.25, -0.2) is 0 Å². The largest absolute Gasteiger partial charge is 0.294 e. The van der Waals surface area contributed by atoms with E-state index in [1.54, 1.807) is 0 Å². The Morgan fingerprint density at radius 3 is 2.44 bits per heavy atom. The third kappa shape index (κ3) is 1.65. The molecule has 0 radical (unpaired) electrons. The summed E-state index contributed by atoms with van der Waals surface area (Å²) in [6.45, 7) is 0. The standard InChI is InChI=1S/C14H13BrO/c15-12-5-3-10(4-6-12)14(16)13-8-9-1-2-11(13)7-9/h1-6,9,11,13H,7-8H2. The van der Waals surface area contributed by atoms with Crippen LogP contribution in [0.15, 0.2) is 40.9 Å². The molecule has 82 valence electrons. The van der Waals surface area contributed by atoms with Crippen LogP contribution in [0.4, 0.5) is 0 Å². The zero-order valence-electron chi connectivity index (χ0n) is 8.90. The normalized spacial score (nSPS) is 30.9. The highest BCUT2D eigenvalue weighted by Gasteiger charge is 2.39. The lowest BCUT2D eigenvalue weighted by Gasteiger charge is -2.16. The maximum atomic E-state index is 12.3. The van der Waals surface area contributed by atoms with Crippen LogP contribution < -0.4 is 0 Å². The first-order valence-electron chi connectivity index (χ1n) is 5.72. The summed E-state index contributed by atoms with van der Waals surface area (Å²) in [5, 5.41) is 0. The fraction of sp³-hybridized carbons (Fsp3) is 0.357. The maximum absolute atomic E-state index is 12.3. The second kappa shape index (κ2) is 3.85. The zero-order valence-corrected chi connectivity index (χ0v) is 10.5. The Balaban J connectivity index is 1.83. The Bertz CT molecular complexity index is 446. The number of benzene rings is 1. The van der Waals surface area contributed by atoms with Gasteiger partial charge in [0, 0.05) is 16.0 Å². The average Bonchev–Trinajstić information content (AvgIpc) is 2.91. The molecule has 0 aromatic heterocycles. The fourth-order valence-corrected chi connectivity index (χ4v) is 3.17. The summed E-state index contributed by atoms with van der Waals surface area (Å²) in [7, 11) is 0. The van der Waals surface area contributed by atoms with Crippen LogP contribution in [0.25, 0.3) is 0 Å². The molecule has 1 saturated carbocycles. The number of rotatable bonds is 2. The molecular weight excluding hydrogens is 264 g/mol. The molecule has 0 saturated heterocycles. The molecule has 0 N–H and O–H groups in total. The highest BCUT2D eigenvalue weighted by Crippen LogP contribution is 2.44. The number of hydrogen-bond donors (Lipinski definition) is 0. The molecule has 1 fully saturated rings. The van der Waals surface area contributed by atoms with Crippen molar-refractivity contribution in [1.29, 1.82) is 0 Å². The summed E-state index contributed by atoms with van der Waals surface area (Å²) in [6.07, 6.45) is 6.74. The lowest BCUT2D eigenvalue weighted by atomic mass is 9.86. The van der Waals surface area contributed by atoms with Crippen molar-refractivity contribution in [2.45, 2.75) is 12.8 Å². The van der Waals surface area contributed by atoms with Crippen LogP contribution in [0.3, 0.4) is 0 Å². The number of hydrogen-bond acceptors (Lipinski definition) is 1. The molecule has 0 spiro atoms. The number of Topliss-reactive ketones (excluding diaryl/α,β-unsaturated/α-hetero) is 1. The molecular formula is C14H13BrO. The third-order valence-corrected chi connectivity index (χ3v) is 4.27. The topological polar surface area (TPSA) is 17.1 Å². The Labute approximate surface area is 104 Å². The molecule has 2 aliphatic rings. The molecule has 2 heteroatoms. The van der Waals surface area contributed by atoms with E-state index in [9.17, 15) is 4.79 Å². The SMILES string of the molecule is O=C(c1ccc(Br)cc1)C1CC2C=CC1C2. The van der Waals surface area contributed by atoms with Gasteiger partial charge in [-0.3, -0.25) is 4.79 Å². The number of carbonyl (C=O) groups is 1. The van der Waals surface area contributed by atoms with Crippen LogP contribution in [0, 0.1) is 17.8 Å². The van der Waals surface area contributed by atoms with Crippen LogP contribution in [0.1, 0.15) is 23.2 Å². The van der Waals surface area contributed by atoms with E-state index < -0.39 is 0 Å². The molecule has 16 heavy (non-hydrogen) atoms. The summed E-state index contributed by atoms with van der Waals surface area (Å²) >= 11 is 3.39. The van der Waals surface area contributed by atoms with Gasteiger partial charge in [-0.15, -0.1) is 0 Å². The van der Waals surface area contributed by atoms with Gasteiger partial charge in [0.1, 0.15) is 0 Å². The highest BCUT2D eigenvalue weighted by molar-refractivity contribution is 9.10. The lowest BCUT2D eigenvalue weighted by molar-refractivity contribution is 0.0901. The van der Waals surface area contributed by atoms with E-state index in [1.165, 1.54) is 6.42 Å². The van der Waals surface area contributed by atoms with E-state index in [1.807, 2.05) is 24.3 Å². The number of halogens is 1. The lowest BCUT2D eigenvalue weighted by Crippen LogP contribution is -2.18. The molecule has 0 amide bonds. The quantitative estimate of drug-likeness (QED) is 0.593. The summed E-state index contributed by atoms with van der Waals surface area (Å²) in [5.41, 5.74) is 0.856. The molecule has 3 rings (SSSR count). The number of carbonyl (C=O) groups excluding carboxylic acids is 1. The van der Waals surface area contributed by atoms with Gasteiger partial charge in [0.25, 0.3) is 0 Å². The second-order valence-corrected chi connectivity index (χ2v) is 5.67. The predicted octanol–water partition coefficient (Wildman–Crippen LogP) is 3.84. The first-order valence-corrected chi connectivity index (χ1v) is 6.51. The van der Waals surface area contributed by atoms with E-state index in [2.05, 4.69) is 28.1 Å². The van der Waals surface area contributed by atoms with E-state index in [0.29, 0.717) is 17.6 Å². The van der Waals surface area contributed by atoms with Crippen molar-refractivity contribution >= 4 is 21.7 Å². The summed E-state index contributed by atoms with van der Waals surface area (Å²) in [6, 6.07) is 7.72. The van der Waals surface area contributed by atoms with Crippen LogP contribution in [0.2, 0.25) is 0 Å². The smallest absolute Gasteiger partial charge is 0.166 e. The van der Waals surface area contributed by atoms with Crippen molar-refractivity contribution in [3.05, 3.63) is 46.5 Å². The second-order valence-electron chi connectivity index (χ2n) is 4.76. The van der Waals surface area contributed by atoms with Crippen molar-refractivity contribution in [3.63, 3.8) is 0 Å². The third-order valence-electron chi connectivity index (χ3n) is 3.74. The molecule has 0 heterocycles. The summed E-state index contributed by atoms with van der Waals surface area (Å²) in [4.78, 5) is 12.3. The number of fused-ring (bicyclic) bond motifs is 2. The average molecular weight is 277 g/mol. The number of ketones is 1. The predicted molar refractivity (Wildman–Crippen MR) is 67.3 cm³/mol. The Hall–Kier alpha value is -0.890. The van der Waals surface area contributed by atoms with Crippen LogP contribution in [-0.2, 0) is 0 Å². The summed E-state index contributed by atoms with van der Waals surface area (Å²) in [5.74, 6) is 1.72. The molecule has 1 nitrogen and oxygen atoms in total. The van der Waals surface area contributed by atoms with Crippen LogP contribution in [-0.4, -0.2) is 5.78 Å². The molecule has 1 aromatic carbocycles. The number of allylic oxidation sites excluding steroid dienone is 2. The highest BCUT2D eigenvalue weighted by atomic mass is 79.9. The van der Waals surface area contributed by atoms with Gasteiger partial charge in [-0.05, 0) is 36.8 Å². The molecule has 2 bridgehead atoms. The van der Waals surface area contributed by atoms with Crippen molar-refractivity contribution in [1.82, 2.24) is 0 Å². The minimum Gasteiger partial charge on any atom is -0.294 e. The van der Waals surface area contributed by atoms with Gasteiger partial charge in [-0.1, -0.05) is 40.2 Å². The van der Waals surface area contributed by atoms with Crippen LogP contribution >= 0.6 is 15.9 Å². The molecule has 0 aliphatic heterocycles. The fourth-order valence-electron chi connectivity index (χ4n) is 2.91. The van der Waals surface area contributed by atoms with Crippen molar-refractivity contribution in [2.75, 3.05) is 0 Å². The minimum atomic E-state index is 0.233. The Morgan fingerprint density at radius 2 is 1.88 bits per heavy atom. The van der Waals surface area contributed by atoms with Gasteiger partial charge in [0.15, 0.2) is 5.78 Å². The Kier molecular flexibility index (Phi) is 2.47. The van der Waals surface area contributed by atoms with Gasteiger partial charge >= 0.3 is 0 Å². The van der Waals surface area contributed by atoms with Gasteiger partial charge in [0.2, 0.25) is 0 Å². The van der Waals surface area contributed by atoms with Crippen molar-refractivity contribution < 1.29 is 4.79 Å². The molecule has 2 aliphatic carbocycles. The van der Waals surface area contributed by atoms with Crippen LogP contribution in [0.5, 0.6) is 0 Å².